The molecule has 34 heavy (non-hydrogen) atoms. The lowest BCUT2D eigenvalue weighted by molar-refractivity contribution is -0.132. The van der Waals surface area contributed by atoms with Crippen LogP contribution < -0.4 is 4.90 Å². The highest BCUT2D eigenvalue weighted by molar-refractivity contribution is 5.78. The molecule has 0 saturated carbocycles. The first-order chi connectivity index (χ1) is 16.6. The number of hydrogen-bond donors (Lipinski definition) is 0. The Balaban J connectivity index is 1.39. The quantitative estimate of drug-likeness (QED) is 0.455. The van der Waals surface area contributed by atoms with Crippen LogP contribution in [0.3, 0.4) is 0 Å². The van der Waals surface area contributed by atoms with Crippen molar-refractivity contribution in [3.05, 3.63) is 84.7 Å². The summed E-state index contributed by atoms with van der Waals surface area (Å²) < 4.78 is 30.5. The van der Waals surface area contributed by atoms with Crippen molar-refractivity contribution in [2.45, 2.75) is 6.54 Å². The van der Waals surface area contributed by atoms with E-state index in [9.17, 15) is 13.6 Å². The van der Waals surface area contributed by atoms with Crippen LogP contribution >= 0.6 is 0 Å². The van der Waals surface area contributed by atoms with Crippen LogP contribution in [0.25, 0.3) is 22.5 Å². The molecule has 0 aliphatic carbocycles. The molecule has 1 aliphatic heterocycles. The lowest BCUT2D eigenvalue weighted by atomic mass is 10.1. The van der Waals surface area contributed by atoms with Crippen molar-refractivity contribution in [1.29, 1.82) is 0 Å². The number of anilines is 1. The van der Waals surface area contributed by atoms with E-state index in [1.165, 1.54) is 16.8 Å². The monoisotopic (exact) mass is 460 g/mol. The fraction of sp³-hybridized carbons (Fsp3) is 0.200. The molecular weight excluding hydrogens is 438 g/mol. The smallest absolute Gasteiger partial charge is 0.244 e. The van der Waals surface area contributed by atoms with Crippen molar-refractivity contribution in [2.24, 2.45) is 0 Å². The third-order valence-electron chi connectivity index (χ3n) is 5.83. The van der Waals surface area contributed by atoms with Gasteiger partial charge in [0.25, 0.3) is 0 Å². The number of carbonyl (C=O) groups is 1. The van der Waals surface area contributed by atoms with Crippen LogP contribution in [-0.4, -0.2) is 56.7 Å². The average Bonchev–Trinajstić information content (AvgIpc) is 3.28. The van der Waals surface area contributed by atoms with Crippen molar-refractivity contribution < 1.29 is 13.6 Å². The molecule has 7 nitrogen and oxygen atoms in total. The molecule has 1 saturated heterocycles. The topological polar surface area (TPSA) is 67.2 Å². The van der Waals surface area contributed by atoms with Gasteiger partial charge in [-0.15, -0.1) is 0 Å². The number of benzene rings is 2. The number of piperazine rings is 1. The molecule has 1 amide bonds. The maximum absolute atomic E-state index is 14.6. The van der Waals surface area contributed by atoms with Gasteiger partial charge in [0, 0.05) is 49.7 Å². The molecule has 0 unspecified atom stereocenters. The predicted molar refractivity (Wildman–Crippen MR) is 124 cm³/mol. The zero-order chi connectivity index (χ0) is 23.5. The van der Waals surface area contributed by atoms with Crippen LogP contribution in [0.5, 0.6) is 0 Å². The maximum Gasteiger partial charge on any atom is 0.244 e. The van der Waals surface area contributed by atoms with Gasteiger partial charge in [0.15, 0.2) is 0 Å². The molecular formula is C25H22F2N6O. The van der Waals surface area contributed by atoms with Gasteiger partial charge in [-0.25, -0.2) is 18.7 Å². The summed E-state index contributed by atoms with van der Waals surface area (Å²) in [4.78, 5) is 25.4. The van der Waals surface area contributed by atoms with Gasteiger partial charge in [-0.05, 0) is 36.4 Å². The second kappa shape index (κ2) is 9.38. The molecule has 4 aromatic rings. The third kappa shape index (κ3) is 4.36. The minimum atomic E-state index is -0.437. The van der Waals surface area contributed by atoms with Crippen molar-refractivity contribution in [3.8, 4) is 22.5 Å². The van der Waals surface area contributed by atoms with E-state index < -0.39 is 11.6 Å². The van der Waals surface area contributed by atoms with Gasteiger partial charge >= 0.3 is 0 Å². The average molecular weight is 460 g/mol. The minimum absolute atomic E-state index is 0.0834. The van der Waals surface area contributed by atoms with E-state index in [1.807, 2.05) is 4.90 Å². The standard InChI is InChI=1S/C25H22F2N6O/c26-20-8-3-1-6-18(20)22-16-23(19-7-2-4-9-21(19)27)33(30-22)17-24(34)31-12-14-32(15-13-31)25-28-10-5-11-29-25/h1-11,16H,12-15,17H2. The number of halogens is 2. The van der Waals surface area contributed by atoms with Gasteiger partial charge < -0.3 is 9.80 Å². The van der Waals surface area contributed by atoms with Crippen molar-refractivity contribution >= 4 is 11.9 Å². The second-order valence-corrected chi connectivity index (χ2v) is 7.95. The molecule has 0 atom stereocenters. The number of amides is 1. The lowest BCUT2D eigenvalue weighted by Crippen LogP contribution is -2.50. The van der Waals surface area contributed by atoms with Gasteiger partial charge in [0.05, 0.1) is 11.4 Å². The van der Waals surface area contributed by atoms with Gasteiger partial charge in [0.2, 0.25) is 11.9 Å². The van der Waals surface area contributed by atoms with Gasteiger partial charge in [0.1, 0.15) is 18.2 Å². The minimum Gasteiger partial charge on any atom is -0.338 e. The normalized spacial score (nSPS) is 13.8. The summed E-state index contributed by atoms with van der Waals surface area (Å²) >= 11 is 0. The fourth-order valence-corrected chi connectivity index (χ4v) is 4.06. The van der Waals surface area contributed by atoms with Crippen molar-refractivity contribution in [2.75, 3.05) is 31.1 Å². The fourth-order valence-electron chi connectivity index (χ4n) is 4.06. The molecule has 0 bridgehead atoms. The molecule has 0 radical (unpaired) electrons. The summed E-state index contributed by atoms with van der Waals surface area (Å²) in [6, 6.07) is 15.9. The Morgan fingerprint density at radius 1 is 0.824 bits per heavy atom. The summed E-state index contributed by atoms with van der Waals surface area (Å²) in [6.45, 7) is 2.14. The van der Waals surface area contributed by atoms with E-state index in [1.54, 1.807) is 65.8 Å². The molecule has 172 valence electrons. The largest absolute Gasteiger partial charge is 0.338 e. The maximum atomic E-state index is 14.6. The number of nitrogens with zero attached hydrogens (tertiary/aromatic N) is 6. The molecule has 2 aromatic carbocycles. The second-order valence-electron chi connectivity index (χ2n) is 7.95. The molecule has 1 fully saturated rings. The number of rotatable bonds is 5. The van der Waals surface area contributed by atoms with Crippen LogP contribution in [0, 0.1) is 11.6 Å². The van der Waals surface area contributed by atoms with Gasteiger partial charge in [-0.2, -0.15) is 5.10 Å². The summed E-state index contributed by atoms with van der Waals surface area (Å²) in [7, 11) is 0. The first-order valence-electron chi connectivity index (χ1n) is 11.0. The highest BCUT2D eigenvalue weighted by Crippen LogP contribution is 2.29. The summed E-state index contributed by atoms with van der Waals surface area (Å²) in [5.41, 5.74) is 1.36. The third-order valence-corrected chi connectivity index (χ3v) is 5.83. The van der Waals surface area contributed by atoms with Crippen LogP contribution in [0.15, 0.2) is 73.1 Å². The summed E-state index contributed by atoms with van der Waals surface area (Å²) in [5.74, 6) is -0.377. The molecule has 3 heterocycles. The molecule has 1 aliphatic rings. The first kappa shape index (κ1) is 21.7. The molecule has 9 heteroatoms. The molecule has 0 spiro atoms. The van der Waals surface area contributed by atoms with E-state index in [2.05, 4.69) is 15.1 Å². The highest BCUT2D eigenvalue weighted by atomic mass is 19.1. The Labute approximate surface area is 195 Å². The Morgan fingerprint density at radius 2 is 1.44 bits per heavy atom. The van der Waals surface area contributed by atoms with E-state index in [0.29, 0.717) is 54.6 Å². The Hall–Kier alpha value is -4.14. The molecule has 0 N–H and O–H groups in total. The highest BCUT2D eigenvalue weighted by Gasteiger charge is 2.24. The Kier molecular flexibility index (Phi) is 5.99. The zero-order valence-electron chi connectivity index (χ0n) is 18.3. The van der Waals surface area contributed by atoms with Crippen LogP contribution in [-0.2, 0) is 11.3 Å². The van der Waals surface area contributed by atoms with Crippen molar-refractivity contribution in [1.82, 2.24) is 24.6 Å². The van der Waals surface area contributed by atoms with Gasteiger partial charge in [-0.3, -0.25) is 9.48 Å². The Morgan fingerprint density at radius 3 is 2.09 bits per heavy atom. The Bertz CT molecular complexity index is 1300. The lowest BCUT2D eigenvalue weighted by Gasteiger charge is -2.34. The van der Waals surface area contributed by atoms with E-state index in [0.717, 1.165) is 0 Å². The van der Waals surface area contributed by atoms with E-state index >= 15 is 0 Å². The number of carbonyl (C=O) groups excluding carboxylic acids is 1. The van der Waals surface area contributed by atoms with Gasteiger partial charge in [-0.1, -0.05) is 24.3 Å². The van der Waals surface area contributed by atoms with Crippen LogP contribution in [0.4, 0.5) is 14.7 Å². The zero-order valence-corrected chi connectivity index (χ0v) is 18.3. The predicted octanol–water partition coefficient (Wildman–Crippen LogP) is 3.63. The van der Waals surface area contributed by atoms with Crippen molar-refractivity contribution in [3.63, 3.8) is 0 Å². The number of hydrogen-bond acceptors (Lipinski definition) is 5. The SMILES string of the molecule is O=C(Cn1nc(-c2ccccc2F)cc1-c1ccccc1F)N1CCN(c2ncccn2)CC1. The van der Waals surface area contributed by atoms with Crippen LogP contribution in [0.2, 0.25) is 0 Å². The van der Waals surface area contributed by atoms with E-state index in [-0.39, 0.29) is 12.5 Å². The summed E-state index contributed by atoms with van der Waals surface area (Å²) in [5, 5.41) is 4.49. The number of aromatic nitrogens is 4. The van der Waals surface area contributed by atoms with E-state index in [4.69, 9.17) is 0 Å². The molecule has 5 rings (SSSR count). The summed E-state index contributed by atoms with van der Waals surface area (Å²) in [6.07, 6.45) is 3.38. The molecule has 2 aromatic heterocycles. The van der Waals surface area contributed by atoms with Crippen LogP contribution in [0.1, 0.15) is 0 Å². The first-order valence-corrected chi connectivity index (χ1v) is 11.0.